The van der Waals surface area contributed by atoms with Crippen LogP contribution in [0.15, 0.2) is 22.7 Å². The number of ether oxygens (including phenoxy) is 1. The number of aryl methyl sites for hydroxylation is 3. The second-order valence-electron chi connectivity index (χ2n) is 8.54. The van der Waals surface area contributed by atoms with E-state index in [0.717, 1.165) is 28.1 Å². The number of thiophene rings is 1. The van der Waals surface area contributed by atoms with Crippen LogP contribution in [0.3, 0.4) is 0 Å². The molecule has 1 atom stereocenters. The number of nitrogens with zero attached hydrogens (tertiary/aromatic N) is 2. The molecule has 1 amide bonds. The predicted octanol–water partition coefficient (Wildman–Crippen LogP) is 2.74. The van der Waals surface area contributed by atoms with Gasteiger partial charge in [-0.15, -0.1) is 11.3 Å². The predicted molar refractivity (Wildman–Crippen MR) is 131 cm³/mol. The summed E-state index contributed by atoms with van der Waals surface area (Å²) in [6.07, 6.45) is -0.899. The third kappa shape index (κ3) is 6.63. The van der Waals surface area contributed by atoms with Crippen LogP contribution in [0.25, 0.3) is 22.2 Å². The molecule has 0 saturated carbocycles. The topological polar surface area (TPSA) is 130 Å². The Morgan fingerprint density at radius 1 is 1.18 bits per heavy atom. The van der Waals surface area contributed by atoms with Crippen molar-refractivity contribution in [1.29, 1.82) is 0 Å². The van der Waals surface area contributed by atoms with Gasteiger partial charge in [0.05, 0.1) is 4.88 Å². The van der Waals surface area contributed by atoms with Crippen molar-refractivity contribution in [3.05, 3.63) is 39.8 Å². The zero-order valence-electron chi connectivity index (χ0n) is 20.1. The first-order valence-corrected chi connectivity index (χ1v) is 12.0. The fourth-order valence-electron chi connectivity index (χ4n) is 3.37. The van der Waals surface area contributed by atoms with E-state index >= 15 is 0 Å². The lowest BCUT2D eigenvalue weighted by Gasteiger charge is -2.16. The van der Waals surface area contributed by atoms with Crippen LogP contribution >= 0.6 is 11.3 Å². The van der Waals surface area contributed by atoms with Gasteiger partial charge in [-0.2, -0.15) is 4.98 Å². The van der Waals surface area contributed by atoms with Crippen LogP contribution in [0, 0.1) is 20.8 Å². The minimum Gasteiger partial charge on any atom is -0.490 e. The molecule has 0 bridgehead atoms. The molecular weight excluding hydrogens is 456 g/mol. The van der Waals surface area contributed by atoms with E-state index in [1.54, 1.807) is 11.3 Å². The summed E-state index contributed by atoms with van der Waals surface area (Å²) in [5, 5.41) is 28.8. The zero-order valence-corrected chi connectivity index (χ0v) is 21.0. The van der Waals surface area contributed by atoms with Crippen molar-refractivity contribution in [3.63, 3.8) is 0 Å². The number of hydrogen-bond acceptors (Lipinski definition) is 9. The average Bonchev–Trinajstić information content (AvgIpc) is 3.42. The second kappa shape index (κ2) is 11.6. The van der Waals surface area contributed by atoms with Gasteiger partial charge in [-0.05, 0) is 55.7 Å². The first-order valence-electron chi connectivity index (χ1n) is 11.1. The molecule has 4 N–H and O–H groups in total. The maximum Gasteiger partial charge on any atom is 0.268 e. The lowest BCUT2D eigenvalue weighted by molar-refractivity contribution is -0.124. The van der Waals surface area contributed by atoms with E-state index in [1.807, 2.05) is 26.0 Å². The standard InChI is InChI=1S/C24H32N4O5S/c1-13(2)25-10-20-14(3)8-19(34-20)24-27-23(28-33-24)17-6-15(4)22(16(5)7-17)32-12-18(30)9-26-21(31)11-29/h6-8,13,18,25,29-30H,9-12H2,1-5H3,(H,26,31)/t18-/m1/s1. The van der Waals surface area contributed by atoms with E-state index in [4.69, 9.17) is 14.4 Å². The van der Waals surface area contributed by atoms with E-state index in [0.29, 0.717) is 23.5 Å². The van der Waals surface area contributed by atoms with Crippen LogP contribution in [0.5, 0.6) is 5.75 Å². The fraction of sp³-hybridized carbons (Fsp3) is 0.458. The molecule has 0 spiro atoms. The van der Waals surface area contributed by atoms with Gasteiger partial charge in [0.25, 0.3) is 5.89 Å². The van der Waals surface area contributed by atoms with Crippen LogP contribution in [0.1, 0.15) is 35.4 Å². The zero-order chi connectivity index (χ0) is 24.8. The highest BCUT2D eigenvalue weighted by atomic mass is 32.1. The summed E-state index contributed by atoms with van der Waals surface area (Å²) in [6.45, 7) is 10.3. The summed E-state index contributed by atoms with van der Waals surface area (Å²) < 4.78 is 11.3. The summed E-state index contributed by atoms with van der Waals surface area (Å²) in [7, 11) is 0. The van der Waals surface area contributed by atoms with Gasteiger partial charge in [0.2, 0.25) is 11.7 Å². The van der Waals surface area contributed by atoms with Gasteiger partial charge in [-0.25, -0.2) is 0 Å². The first-order chi connectivity index (χ1) is 16.2. The summed E-state index contributed by atoms with van der Waals surface area (Å²) in [5.74, 6) is 1.09. The molecule has 0 unspecified atom stereocenters. The molecule has 3 aromatic rings. The molecule has 0 fully saturated rings. The van der Waals surface area contributed by atoms with Crippen molar-refractivity contribution >= 4 is 17.2 Å². The minimum absolute atomic E-state index is 0.00134. The van der Waals surface area contributed by atoms with Gasteiger partial charge >= 0.3 is 0 Å². The SMILES string of the molecule is Cc1cc(-c2nc(-c3cc(C)c(OC[C@H](O)CNC(=O)CO)c(C)c3)no2)sc1CNC(C)C. The Bertz CT molecular complexity index is 1100. The Hall–Kier alpha value is -2.79. The van der Waals surface area contributed by atoms with Crippen molar-refractivity contribution in [1.82, 2.24) is 20.8 Å². The summed E-state index contributed by atoms with van der Waals surface area (Å²) in [5.41, 5.74) is 3.73. The number of aliphatic hydroxyl groups is 2. The molecule has 1 aromatic carbocycles. The van der Waals surface area contributed by atoms with E-state index in [9.17, 15) is 9.90 Å². The summed E-state index contributed by atoms with van der Waals surface area (Å²) in [6, 6.07) is 6.30. The molecule has 0 saturated heterocycles. The number of rotatable bonds is 11. The van der Waals surface area contributed by atoms with E-state index in [-0.39, 0.29) is 13.2 Å². The lowest BCUT2D eigenvalue weighted by atomic mass is 10.1. The Balaban J connectivity index is 1.70. The average molecular weight is 489 g/mol. The van der Waals surface area contributed by atoms with Crippen LogP contribution in [0.4, 0.5) is 0 Å². The normalized spacial score (nSPS) is 12.2. The summed E-state index contributed by atoms with van der Waals surface area (Å²) >= 11 is 1.65. The Morgan fingerprint density at radius 2 is 1.88 bits per heavy atom. The molecule has 0 aliphatic carbocycles. The molecule has 184 valence electrons. The van der Waals surface area contributed by atoms with E-state index < -0.39 is 18.6 Å². The smallest absolute Gasteiger partial charge is 0.268 e. The van der Waals surface area contributed by atoms with Crippen LogP contribution < -0.4 is 15.4 Å². The Kier molecular flexibility index (Phi) is 8.78. The van der Waals surface area contributed by atoms with Gasteiger partial charge in [0.15, 0.2) is 0 Å². The molecule has 0 aliphatic heterocycles. The van der Waals surface area contributed by atoms with Crippen LogP contribution in [0.2, 0.25) is 0 Å². The van der Waals surface area contributed by atoms with Crippen LogP contribution in [-0.2, 0) is 11.3 Å². The molecule has 9 nitrogen and oxygen atoms in total. The molecule has 34 heavy (non-hydrogen) atoms. The van der Waals surface area contributed by atoms with Gasteiger partial charge < -0.3 is 30.1 Å². The van der Waals surface area contributed by atoms with Gasteiger partial charge in [0, 0.05) is 29.6 Å². The number of hydrogen-bond donors (Lipinski definition) is 4. The van der Waals surface area contributed by atoms with Crippen molar-refractivity contribution in [3.8, 4) is 27.9 Å². The molecule has 2 heterocycles. The van der Waals surface area contributed by atoms with Gasteiger partial charge in [-0.3, -0.25) is 4.79 Å². The van der Waals surface area contributed by atoms with Crippen molar-refractivity contribution in [2.24, 2.45) is 0 Å². The summed E-state index contributed by atoms with van der Waals surface area (Å²) in [4.78, 5) is 17.9. The number of aromatic nitrogens is 2. The number of carbonyl (C=O) groups is 1. The molecule has 3 rings (SSSR count). The molecule has 0 radical (unpaired) electrons. The Labute approximate surface area is 203 Å². The third-order valence-electron chi connectivity index (χ3n) is 5.15. The van der Waals surface area contributed by atoms with Crippen molar-refractivity contribution in [2.45, 2.75) is 53.3 Å². The number of amides is 1. The maximum absolute atomic E-state index is 11.1. The minimum atomic E-state index is -0.899. The molecule has 0 aliphatic rings. The van der Waals surface area contributed by atoms with E-state index in [2.05, 4.69) is 47.6 Å². The maximum atomic E-state index is 11.1. The van der Waals surface area contributed by atoms with E-state index in [1.165, 1.54) is 10.4 Å². The lowest BCUT2D eigenvalue weighted by Crippen LogP contribution is -2.36. The van der Waals surface area contributed by atoms with Crippen LogP contribution in [-0.4, -0.2) is 58.2 Å². The molecular formula is C24H32N4O5S. The first kappa shape index (κ1) is 25.8. The highest BCUT2D eigenvalue weighted by molar-refractivity contribution is 7.15. The van der Waals surface area contributed by atoms with Crippen molar-refractivity contribution < 1.29 is 24.3 Å². The fourth-order valence-corrected chi connectivity index (χ4v) is 4.42. The monoisotopic (exact) mass is 488 g/mol. The number of carbonyl (C=O) groups excluding carboxylic acids is 1. The van der Waals surface area contributed by atoms with Gasteiger partial charge in [0.1, 0.15) is 25.1 Å². The highest BCUT2D eigenvalue weighted by Crippen LogP contribution is 2.33. The second-order valence-corrected chi connectivity index (χ2v) is 9.68. The largest absolute Gasteiger partial charge is 0.490 e. The Morgan fingerprint density at radius 3 is 2.53 bits per heavy atom. The molecule has 2 aromatic heterocycles. The van der Waals surface area contributed by atoms with Gasteiger partial charge in [-0.1, -0.05) is 19.0 Å². The number of benzene rings is 1. The third-order valence-corrected chi connectivity index (χ3v) is 6.37. The van der Waals surface area contributed by atoms with Crippen molar-refractivity contribution in [2.75, 3.05) is 19.8 Å². The quantitative estimate of drug-likeness (QED) is 0.324. The number of nitrogens with one attached hydrogen (secondary N) is 2. The highest BCUT2D eigenvalue weighted by Gasteiger charge is 2.17. The number of aliphatic hydroxyl groups excluding tert-OH is 2. The molecule has 10 heteroatoms.